The predicted octanol–water partition coefficient (Wildman–Crippen LogP) is 2.14. The molecule has 146 valence electrons. The zero-order valence-electron chi connectivity index (χ0n) is 16.1. The highest BCUT2D eigenvalue weighted by molar-refractivity contribution is 7.93. The number of hydrogen-bond acceptors (Lipinski definition) is 7. The van der Waals surface area contributed by atoms with E-state index in [2.05, 4.69) is 24.6 Å². The Kier molecular flexibility index (Phi) is 5.61. The smallest absolute Gasteiger partial charge is 0.235 e. The number of anilines is 2. The molecule has 0 aromatic carbocycles. The monoisotopic (exact) mass is 391 g/mol. The van der Waals surface area contributed by atoms with Gasteiger partial charge in [-0.3, -0.25) is 9.71 Å². The first-order valence-corrected chi connectivity index (χ1v) is 10.5. The van der Waals surface area contributed by atoms with Crippen LogP contribution in [0.3, 0.4) is 0 Å². The number of aryl methyl sites for hydroxylation is 2. The van der Waals surface area contributed by atoms with Gasteiger partial charge in [0.1, 0.15) is 12.1 Å². The molecule has 1 fully saturated rings. The van der Waals surface area contributed by atoms with Gasteiger partial charge >= 0.3 is 0 Å². The molecule has 1 aliphatic heterocycles. The third kappa shape index (κ3) is 4.19. The molecular formula is C18H25N5O3S. The van der Waals surface area contributed by atoms with Crippen molar-refractivity contribution < 1.29 is 13.2 Å². The summed E-state index contributed by atoms with van der Waals surface area (Å²) in [6.07, 6.45) is 3.28. The number of morpholine rings is 1. The maximum atomic E-state index is 12.3. The van der Waals surface area contributed by atoms with E-state index in [1.54, 1.807) is 39.4 Å². The molecule has 0 atom stereocenters. The zero-order valence-corrected chi connectivity index (χ0v) is 16.9. The van der Waals surface area contributed by atoms with Crippen LogP contribution in [0.4, 0.5) is 11.5 Å². The van der Waals surface area contributed by atoms with Gasteiger partial charge in [0, 0.05) is 30.4 Å². The second kappa shape index (κ2) is 7.77. The minimum Gasteiger partial charge on any atom is -0.378 e. The molecule has 1 N–H and O–H groups in total. The van der Waals surface area contributed by atoms with Crippen LogP contribution in [-0.2, 0) is 14.8 Å². The summed E-state index contributed by atoms with van der Waals surface area (Å²) in [5, 5.41) is -0.536. The molecule has 27 heavy (non-hydrogen) atoms. The number of sulfonamides is 1. The topological polar surface area (TPSA) is 97.3 Å². The van der Waals surface area contributed by atoms with Crippen molar-refractivity contribution in [3.05, 3.63) is 30.0 Å². The summed E-state index contributed by atoms with van der Waals surface area (Å²) in [7, 11) is -3.46. The number of rotatable bonds is 5. The number of nitrogens with zero attached hydrogens (tertiary/aromatic N) is 4. The van der Waals surface area contributed by atoms with Crippen molar-refractivity contribution in [2.75, 3.05) is 35.9 Å². The van der Waals surface area contributed by atoms with Crippen molar-refractivity contribution >= 4 is 21.5 Å². The van der Waals surface area contributed by atoms with Crippen molar-refractivity contribution in [1.29, 1.82) is 0 Å². The van der Waals surface area contributed by atoms with E-state index < -0.39 is 15.3 Å². The molecule has 0 aliphatic carbocycles. The summed E-state index contributed by atoms with van der Waals surface area (Å²) in [5.74, 6) is 0.814. The van der Waals surface area contributed by atoms with Crippen molar-refractivity contribution in [2.45, 2.75) is 32.9 Å². The molecule has 0 saturated carbocycles. The van der Waals surface area contributed by atoms with Crippen LogP contribution >= 0.6 is 0 Å². The van der Waals surface area contributed by atoms with Crippen LogP contribution in [0.1, 0.15) is 25.2 Å². The van der Waals surface area contributed by atoms with Crippen molar-refractivity contribution in [1.82, 2.24) is 15.0 Å². The minimum absolute atomic E-state index is 0.470. The van der Waals surface area contributed by atoms with Gasteiger partial charge in [0.15, 0.2) is 0 Å². The van der Waals surface area contributed by atoms with Crippen molar-refractivity contribution in [2.24, 2.45) is 0 Å². The van der Waals surface area contributed by atoms with Crippen LogP contribution in [0.25, 0.3) is 11.1 Å². The lowest BCUT2D eigenvalue weighted by Crippen LogP contribution is -2.37. The van der Waals surface area contributed by atoms with E-state index in [9.17, 15) is 8.42 Å². The molecule has 8 nitrogen and oxygen atoms in total. The zero-order chi connectivity index (χ0) is 19.6. The second-order valence-electron chi connectivity index (χ2n) is 6.81. The van der Waals surface area contributed by atoms with E-state index in [1.165, 1.54) is 0 Å². The molecule has 1 aliphatic rings. The van der Waals surface area contributed by atoms with Gasteiger partial charge in [0.05, 0.1) is 35.5 Å². The first-order chi connectivity index (χ1) is 12.8. The van der Waals surface area contributed by atoms with Gasteiger partial charge in [0.25, 0.3) is 0 Å². The van der Waals surface area contributed by atoms with Crippen LogP contribution in [0.2, 0.25) is 0 Å². The van der Waals surface area contributed by atoms with Gasteiger partial charge in [-0.1, -0.05) is 0 Å². The van der Waals surface area contributed by atoms with Gasteiger partial charge in [0.2, 0.25) is 10.0 Å². The van der Waals surface area contributed by atoms with Gasteiger partial charge in [-0.05, 0) is 33.8 Å². The van der Waals surface area contributed by atoms with E-state index in [0.717, 1.165) is 35.7 Å². The highest BCUT2D eigenvalue weighted by Gasteiger charge is 2.22. The first-order valence-electron chi connectivity index (χ1n) is 8.92. The Hall–Kier alpha value is -2.26. The molecule has 3 heterocycles. The highest BCUT2D eigenvalue weighted by atomic mass is 32.2. The van der Waals surface area contributed by atoms with Gasteiger partial charge in [-0.15, -0.1) is 0 Å². The van der Waals surface area contributed by atoms with Crippen LogP contribution in [0.15, 0.2) is 18.6 Å². The molecule has 0 bridgehead atoms. The Morgan fingerprint density at radius 1 is 1.11 bits per heavy atom. The van der Waals surface area contributed by atoms with Crippen LogP contribution in [-0.4, -0.2) is 54.9 Å². The molecule has 2 aromatic rings. The summed E-state index contributed by atoms with van der Waals surface area (Å²) < 4.78 is 32.7. The van der Waals surface area contributed by atoms with Crippen LogP contribution in [0.5, 0.6) is 0 Å². The van der Waals surface area contributed by atoms with Gasteiger partial charge in [-0.2, -0.15) is 0 Å². The van der Waals surface area contributed by atoms with Gasteiger partial charge < -0.3 is 9.64 Å². The highest BCUT2D eigenvalue weighted by Crippen LogP contribution is 2.33. The van der Waals surface area contributed by atoms with Crippen LogP contribution < -0.4 is 9.62 Å². The number of nitrogens with one attached hydrogen (secondary N) is 1. The summed E-state index contributed by atoms with van der Waals surface area (Å²) in [5.41, 5.74) is 3.54. The molecule has 0 radical (unpaired) electrons. The third-order valence-corrected chi connectivity index (χ3v) is 6.32. The lowest BCUT2D eigenvalue weighted by Gasteiger charge is -2.29. The van der Waals surface area contributed by atoms with E-state index in [-0.39, 0.29) is 0 Å². The number of pyridine rings is 1. The number of hydrogen-bond donors (Lipinski definition) is 1. The van der Waals surface area contributed by atoms with Crippen LogP contribution in [0, 0.1) is 13.8 Å². The predicted molar refractivity (Wildman–Crippen MR) is 105 cm³/mol. The van der Waals surface area contributed by atoms with E-state index in [0.29, 0.717) is 24.6 Å². The number of ether oxygens (including phenoxy) is 1. The molecular weight excluding hydrogens is 366 g/mol. The summed E-state index contributed by atoms with van der Waals surface area (Å²) in [4.78, 5) is 15.4. The summed E-state index contributed by atoms with van der Waals surface area (Å²) in [6, 6.07) is 1.80. The summed E-state index contributed by atoms with van der Waals surface area (Å²) >= 11 is 0. The Morgan fingerprint density at radius 3 is 2.48 bits per heavy atom. The lowest BCUT2D eigenvalue weighted by molar-refractivity contribution is 0.122. The number of aromatic nitrogens is 3. The average Bonchev–Trinajstić information content (AvgIpc) is 2.64. The maximum absolute atomic E-state index is 12.3. The maximum Gasteiger partial charge on any atom is 0.235 e. The quantitative estimate of drug-likeness (QED) is 0.834. The van der Waals surface area contributed by atoms with Crippen molar-refractivity contribution in [3.8, 4) is 11.1 Å². The van der Waals surface area contributed by atoms with Gasteiger partial charge in [-0.25, -0.2) is 18.4 Å². The molecule has 2 aromatic heterocycles. The fourth-order valence-electron chi connectivity index (χ4n) is 2.86. The molecule has 9 heteroatoms. The molecule has 3 rings (SSSR count). The standard InChI is InChI=1S/C18H25N5O3S/c1-12(2)27(24,25)22-16-9-15(10-19-13(16)3)17-14(4)20-11-21-18(17)23-5-7-26-8-6-23/h9-12,22H,5-8H2,1-4H3. The SMILES string of the molecule is Cc1ncc(-c2c(C)ncnc2N2CCOCC2)cc1NS(=O)(=O)C(C)C. The van der Waals surface area contributed by atoms with Crippen molar-refractivity contribution in [3.63, 3.8) is 0 Å². The third-order valence-electron chi connectivity index (χ3n) is 4.58. The first kappa shape index (κ1) is 19.5. The lowest BCUT2D eigenvalue weighted by atomic mass is 10.0. The second-order valence-corrected chi connectivity index (χ2v) is 9.05. The fraction of sp³-hybridized carbons (Fsp3) is 0.500. The Labute approximate surface area is 160 Å². The van der Waals surface area contributed by atoms with E-state index in [4.69, 9.17) is 4.74 Å². The fourth-order valence-corrected chi connectivity index (χ4v) is 3.61. The Morgan fingerprint density at radius 2 is 1.81 bits per heavy atom. The average molecular weight is 391 g/mol. The minimum atomic E-state index is -3.46. The molecule has 0 unspecified atom stereocenters. The molecule has 0 amide bonds. The van der Waals surface area contributed by atoms with E-state index in [1.807, 2.05) is 6.92 Å². The summed E-state index contributed by atoms with van der Waals surface area (Å²) in [6.45, 7) is 9.76. The largest absolute Gasteiger partial charge is 0.378 e. The Bertz CT molecular complexity index is 925. The Balaban J connectivity index is 2.06. The normalized spacial score (nSPS) is 15.2. The molecule has 0 spiro atoms. The molecule has 1 saturated heterocycles. The van der Waals surface area contributed by atoms with E-state index >= 15 is 0 Å².